The Morgan fingerprint density at radius 3 is 1.47 bits per heavy atom. The van der Waals surface area contributed by atoms with Gasteiger partial charge in [0.1, 0.15) is 72.2 Å². The number of aliphatic hydroxyl groups excluding tert-OH is 2. The highest BCUT2D eigenvalue weighted by Gasteiger charge is 2.39. The van der Waals surface area contributed by atoms with Crippen LogP contribution in [0.3, 0.4) is 0 Å². The fraction of sp³-hybridized carbons (Fsp3) is 0.735. The summed E-state index contributed by atoms with van der Waals surface area (Å²) >= 11 is 1.25. The summed E-state index contributed by atoms with van der Waals surface area (Å²) in [5.41, 5.74) is 34.8. The number of nitrogens with two attached hydrogens (primary N) is 6. The van der Waals surface area contributed by atoms with Gasteiger partial charge in [0.05, 0.1) is 31.2 Å². The summed E-state index contributed by atoms with van der Waals surface area (Å²) in [5, 5.41) is 97.4. The Balaban J connectivity index is 2.82. The van der Waals surface area contributed by atoms with E-state index < -0.39 is 193 Å². The van der Waals surface area contributed by atoms with Gasteiger partial charge in [0.25, 0.3) is 0 Å². The number of rotatable bonds is 61. The number of carbonyl (C=O) groups is 14. The fourth-order valence-electron chi connectivity index (χ4n) is 13.7. The van der Waals surface area contributed by atoms with Gasteiger partial charge in [-0.05, 0) is 165 Å². The molecule has 14 atom stereocenters. The standard InChI is InChI=1S/C83H149N23O18S3/c1-6-7-8-9-10-11-12-13-14-15-16-17-18-32-67(110)96-57(27-19-22-38-84)71(114)98-58(28-20-23-39-85)72(115)102-62(44-51(2)3)76(119)99-60(31-26-42-93-83(90)91)74(117)105-66-50-127-126-49-65(94-47-54(46-68(111)112)95-81(124)69(52(4)108)106-75(118)61(37-43-125-5)101-78(121)64(48-107)104-80(66)123)79(122)100-59(29-21-24-40-86)73(116)103-63(45-53-33-35-55(109)36-34-53)77(120)97-56(70(87)113)30-25-41-92-82(88)89/h33-36,51-52,54,56-66,69,94,107-109H,6-32,37-50,84-86H2,1-5H3,(H2,87,113)(H,95,124)(H,96,110)(H,97,120)(H,98,114)(H,99,119)(H,100,122)(H,101,121)(H,102,115)(H,103,116)(H,104,123)(H,105,117)(H,106,118)(H,111,112)(H4,88,89,92)(H4,90,91,93)/t52-,54+,56+,57+,58+,59+,60+,61+,62+,63+,64+,65+,66+,69+/m1/s1. The van der Waals surface area contributed by atoms with Crippen LogP contribution in [0.2, 0.25) is 0 Å². The fourth-order valence-corrected chi connectivity index (χ4v) is 16.5. The zero-order valence-corrected chi connectivity index (χ0v) is 77.1. The van der Waals surface area contributed by atoms with Gasteiger partial charge in [-0.3, -0.25) is 77.9 Å². The number of primary amides is 1. The molecule has 1 saturated heterocycles. The number of aliphatic carboxylic acids is 1. The highest BCUT2D eigenvalue weighted by Crippen LogP contribution is 2.25. The van der Waals surface area contributed by atoms with E-state index in [1.807, 2.05) is 0 Å². The molecule has 1 aliphatic heterocycles. The average Bonchev–Trinajstić information content (AvgIpc) is 0.856. The second-order valence-electron chi connectivity index (χ2n) is 32.4. The van der Waals surface area contributed by atoms with Crippen molar-refractivity contribution in [1.82, 2.24) is 79.8 Å². The van der Waals surface area contributed by atoms with E-state index in [0.29, 0.717) is 50.6 Å². The lowest BCUT2D eigenvalue weighted by molar-refractivity contribution is -0.138. The lowest BCUT2D eigenvalue weighted by Gasteiger charge is -2.29. The topological polar surface area (TPSA) is 704 Å². The van der Waals surface area contributed by atoms with Crippen molar-refractivity contribution in [2.24, 2.45) is 40.3 Å². The molecule has 0 bridgehead atoms. The smallest absolute Gasteiger partial charge is 0.305 e. The molecule has 0 aromatic heterocycles. The minimum atomic E-state index is -1.88. The molecular formula is C83H149N23O18S3. The number of carbonyl (C=O) groups excluding carboxylic acids is 13. The van der Waals surface area contributed by atoms with Crippen LogP contribution in [0, 0.1) is 16.7 Å². The van der Waals surface area contributed by atoms with E-state index in [9.17, 15) is 78.0 Å². The number of thioether (sulfide) groups is 1. The van der Waals surface area contributed by atoms with Crippen molar-refractivity contribution >= 4 is 128 Å². The van der Waals surface area contributed by atoms with E-state index in [-0.39, 0.29) is 138 Å². The molecule has 127 heavy (non-hydrogen) atoms. The van der Waals surface area contributed by atoms with Crippen molar-refractivity contribution in [1.29, 1.82) is 10.8 Å². The number of nitrogens with one attached hydrogen (secondary N) is 17. The van der Waals surface area contributed by atoms with E-state index in [1.165, 1.54) is 87.4 Å². The quantitative estimate of drug-likeness (QED) is 0.0155. The van der Waals surface area contributed by atoms with Crippen molar-refractivity contribution in [2.45, 2.75) is 311 Å². The number of unbranched alkanes of at least 4 members (excludes halogenated alkanes) is 15. The summed E-state index contributed by atoms with van der Waals surface area (Å²) in [6, 6.07) is -13.9. The summed E-state index contributed by atoms with van der Waals surface area (Å²) in [6.45, 7) is 6.05. The van der Waals surface area contributed by atoms with Crippen LogP contribution < -0.4 is 114 Å². The third kappa shape index (κ3) is 50.5. The Morgan fingerprint density at radius 1 is 0.528 bits per heavy atom. The number of hydrogen-bond acceptors (Lipinski definition) is 26. The molecule has 33 N–H and O–H groups in total. The van der Waals surface area contributed by atoms with Gasteiger partial charge in [0.2, 0.25) is 76.8 Å². The van der Waals surface area contributed by atoms with Gasteiger partial charge >= 0.3 is 5.97 Å². The molecule has 1 aromatic rings. The first-order valence-corrected chi connectivity index (χ1v) is 48.4. The number of hydrogen-bond donors (Lipinski definition) is 27. The highest BCUT2D eigenvalue weighted by molar-refractivity contribution is 8.76. The van der Waals surface area contributed by atoms with Crippen LogP contribution in [0.25, 0.3) is 0 Å². The van der Waals surface area contributed by atoms with Crippen molar-refractivity contribution in [3.05, 3.63) is 29.8 Å². The minimum absolute atomic E-state index is 0.0212. The molecular weight excluding hydrogens is 1700 g/mol. The number of carboxylic acids is 1. The van der Waals surface area contributed by atoms with Crippen LogP contribution in [0.15, 0.2) is 24.3 Å². The minimum Gasteiger partial charge on any atom is -0.508 e. The molecule has 1 fully saturated rings. The van der Waals surface area contributed by atoms with Crippen LogP contribution in [0.1, 0.15) is 226 Å². The van der Waals surface area contributed by atoms with Crippen LogP contribution in [0.5, 0.6) is 5.75 Å². The molecule has 0 unspecified atom stereocenters. The van der Waals surface area contributed by atoms with Gasteiger partial charge in [0.15, 0.2) is 11.9 Å². The Hall–Kier alpha value is -9.05. The predicted molar refractivity (Wildman–Crippen MR) is 492 cm³/mol. The van der Waals surface area contributed by atoms with Gasteiger partial charge in [-0.25, -0.2) is 0 Å². The molecule has 1 heterocycles. The largest absolute Gasteiger partial charge is 0.508 e. The van der Waals surface area contributed by atoms with Crippen LogP contribution in [0.4, 0.5) is 0 Å². The molecule has 0 aliphatic carbocycles. The summed E-state index contributed by atoms with van der Waals surface area (Å²) < 4.78 is 0. The molecule has 2 rings (SSSR count). The van der Waals surface area contributed by atoms with Crippen LogP contribution in [-0.2, 0) is 73.5 Å². The zero-order chi connectivity index (χ0) is 94.6. The normalized spacial score (nSPS) is 18.6. The molecule has 0 spiro atoms. The summed E-state index contributed by atoms with van der Waals surface area (Å²) in [6.07, 6.45) is 16.0. The van der Waals surface area contributed by atoms with Gasteiger partial charge in [-0.15, -0.1) is 0 Å². The third-order valence-corrected chi connectivity index (χ3v) is 23.9. The summed E-state index contributed by atoms with van der Waals surface area (Å²) in [7, 11) is 1.72. The maximum Gasteiger partial charge on any atom is 0.305 e. The van der Waals surface area contributed by atoms with Crippen molar-refractivity contribution in [2.75, 3.05) is 69.4 Å². The zero-order valence-electron chi connectivity index (χ0n) is 74.7. The van der Waals surface area contributed by atoms with Crippen LogP contribution in [-0.4, -0.2) is 269 Å². The van der Waals surface area contributed by atoms with Crippen LogP contribution >= 0.6 is 33.3 Å². The van der Waals surface area contributed by atoms with Crippen molar-refractivity contribution in [3.8, 4) is 5.75 Å². The first-order valence-electron chi connectivity index (χ1n) is 44.6. The molecule has 41 nitrogen and oxygen atoms in total. The van der Waals surface area contributed by atoms with Gasteiger partial charge < -0.3 is 135 Å². The van der Waals surface area contributed by atoms with E-state index >= 15 is 9.59 Å². The SMILES string of the molecule is CCCCCCCCCCCCCCCC(=O)N[C@@H](CCCCN)C(=O)N[C@@H](CCCCN)C(=O)N[C@@H](CC(C)C)C(=O)N[C@@H](CCCNC(=N)N)C(=O)N[C@H]1CSSC[C@@H](C(=O)N[C@@H](CCCCN)C(=O)N[C@@H](Cc2ccc(O)cc2)C(=O)N[C@@H](CCCNC(=N)N)C(N)=O)NC[C@H](CC(=O)O)NC(=O)[C@H]([C@@H](C)O)NC(=O)[C@H](CCSC)NC(=O)[C@H](CO)NC1=O. The molecule has 44 heteroatoms. The number of guanidine groups is 2. The number of aromatic hydroxyl groups is 1. The Bertz CT molecular complexity index is 3530. The Morgan fingerprint density at radius 2 is 0.976 bits per heavy atom. The first kappa shape index (κ1) is 114. The second-order valence-corrected chi connectivity index (χ2v) is 35.9. The highest BCUT2D eigenvalue weighted by atomic mass is 33.1. The number of phenolic OH excluding ortho intramolecular Hbond substituents is 1. The number of benzene rings is 1. The monoisotopic (exact) mass is 1850 g/mol. The van der Waals surface area contributed by atoms with E-state index in [2.05, 4.69) is 86.7 Å². The molecule has 1 aliphatic rings. The molecule has 13 amide bonds. The van der Waals surface area contributed by atoms with Gasteiger partial charge in [-0.1, -0.05) is 132 Å². The van der Waals surface area contributed by atoms with E-state index in [4.69, 9.17) is 45.2 Å². The molecule has 722 valence electrons. The average molecular weight is 1850 g/mol. The Labute approximate surface area is 758 Å². The Kier molecular flexibility index (Phi) is 60.3. The summed E-state index contributed by atoms with van der Waals surface area (Å²) in [4.78, 5) is 200. The maximum atomic E-state index is 15.2. The van der Waals surface area contributed by atoms with Crippen molar-refractivity contribution < 1.29 is 87.5 Å². The van der Waals surface area contributed by atoms with E-state index in [1.54, 1.807) is 20.1 Å². The van der Waals surface area contributed by atoms with Gasteiger partial charge in [-0.2, -0.15) is 11.8 Å². The summed E-state index contributed by atoms with van der Waals surface area (Å²) in [5.74, 6) is -15.1. The first-order chi connectivity index (χ1) is 60.6. The maximum absolute atomic E-state index is 15.2. The lowest BCUT2D eigenvalue weighted by atomic mass is 10.0. The number of amides is 13. The van der Waals surface area contributed by atoms with Gasteiger partial charge in [0, 0.05) is 44.0 Å². The van der Waals surface area contributed by atoms with Crippen molar-refractivity contribution in [3.63, 3.8) is 0 Å². The van der Waals surface area contributed by atoms with E-state index in [0.717, 1.165) is 54.2 Å². The second kappa shape index (κ2) is 67.2. The molecule has 0 radical (unpaired) electrons. The molecule has 0 saturated carbocycles. The number of aliphatic hydroxyl groups is 2. The number of phenols is 1. The third-order valence-electron chi connectivity index (χ3n) is 20.9. The number of carboxylic acid groups (broad SMARTS) is 1. The molecule has 1 aromatic carbocycles. The lowest BCUT2D eigenvalue weighted by Crippen LogP contribution is -2.62. The predicted octanol–water partition coefficient (Wildman–Crippen LogP) is -1.37.